The molecule has 4 aliphatic rings. The van der Waals surface area contributed by atoms with Gasteiger partial charge in [-0.2, -0.15) is 0 Å². The maximum atomic E-state index is 14.0. The topological polar surface area (TPSA) is 188 Å². The summed E-state index contributed by atoms with van der Waals surface area (Å²) < 4.78 is 0. The Bertz CT molecular complexity index is 1020. The Balaban J connectivity index is 1.53. The van der Waals surface area contributed by atoms with Crippen molar-refractivity contribution in [2.24, 2.45) is 28.9 Å². The molecule has 12 heteroatoms. The predicted octanol–water partition coefficient (Wildman–Crippen LogP) is 0.286. The smallest absolute Gasteiger partial charge is 0.329 e. The van der Waals surface area contributed by atoms with E-state index in [0.29, 0.717) is 32.2 Å². The SMILES string of the molecule is CC1(C)[C@@H]2[C@@H](C(=O)NCC(=O)C(N)=O)N(C(=O)[C@@H](NC(=O)NC3(C(=O)O)CCCC3)C3CCCCC3)C[C@@H]21. The fourth-order valence-electron chi connectivity index (χ4n) is 6.97. The number of likely N-dealkylation sites (tertiary alicyclic amines) is 1. The van der Waals surface area contributed by atoms with Gasteiger partial charge in [-0.25, -0.2) is 9.59 Å². The Morgan fingerprint density at radius 1 is 1.00 bits per heavy atom. The summed E-state index contributed by atoms with van der Waals surface area (Å²) in [6, 6.07) is -2.46. The van der Waals surface area contributed by atoms with E-state index in [1.54, 1.807) is 0 Å². The summed E-state index contributed by atoms with van der Waals surface area (Å²) in [4.78, 5) is 76.6. The molecule has 12 nitrogen and oxygen atoms in total. The molecule has 3 aliphatic carbocycles. The summed E-state index contributed by atoms with van der Waals surface area (Å²) in [6.45, 7) is 3.84. The van der Waals surface area contributed by atoms with Crippen molar-refractivity contribution in [1.82, 2.24) is 20.9 Å². The van der Waals surface area contributed by atoms with Crippen molar-refractivity contribution in [2.75, 3.05) is 13.1 Å². The van der Waals surface area contributed by atoms with Gasteiger partial charge in [0.15, 0.2) is 0 Å². The number of carbonyl (C=O) groups is 6. The number of aliphatic carboxylic acids is 1. The van der Waals surface area contributed by atoms with Crippen LogP contribution in [0, 0.1) is 23.2 Å². The molecule has 0 aromatic heterocycles. The van der Waals surface area contributed by atoms with Crippen molar-refractivity contribution in [3.05, 3.63) is 0 Å². The van der Waals surface area contributed by atoms with Crippen molar-refractivity contribution >= 4 is 35.5 Å². The van der Waals surface area contributed by atoms with Gasteiger partial charge in [0.2, 0.25) is 17.6 Å². The number of fused-ring (bicyclic) bond motifs is 1. The van der Waals surface area contributed by atoms with Gasteiger partial charge < -0.3 is 31.7 Å². The second-order valence-electron chi connectivity index (χ2n) is 12.0. The van der Waals surface area contributed by atoms with Crippen LogP contribution in [0.4, 0.5) is 4.79 Å². The van der Waals surface area contributed by atoms with Crippen LogP contribution in [-0.4, -0.2) is 76.2 Å². The van der Waals surface area contributed by atoms with Crippen LogP contribution >= 0.6 is 0 Å². The van der Waals surface area contributed by atoms with Crippen LogP contribution in [0.15, 0.2) is 0 Å². The summed E-state index contributed by atoms with van der Waals surface area (Å²) in [5, 5.41) is 17.7. The third-order valence-corrected chi connectivity index (χ3v) is 9.35. The molecule has 0 spiro atoms. The van der Waals surface area contributed by atoms with Crippen LogP contribution in [0.25, 0.3) is 0 Å². The standard InChI is InChI=1S/C26H39N5O7/c1-25(2)15-13-31(19(17(15)25)21(34)28-12-16(32)20(27)33)22(35)18(14-8-4-3-5-9-14)29-24(38)30-26(23(36)37)10-6-7-11-26/h14-15,17-19H,3-13H2,1-2H3,(H2,27,33)(H,28,34)(H,36,37)(H2,29,30,38)/t15-,17-,18-,19-/m0/s1. The van der Waals surface area contributed by atoms with Crippen molar-refractivity contribution in [2.45, 2.75) is 89.3 Å². The number of hydrogen-bond acceptors (Lipinski definition) is 6. The molecular formula is C26H39N5O7. The van der Waals surface area contributed by atoms with E-state index in [1.165, 1.54) is 4.90 Å². The molecule has 210 valence electrons. The largest absolute Gasteiger partial charge is 0.480 e. The monoisotopic (exact) mass is 533 g/mol. The fraction of sp³-hybridized carbons (Fsp3) is 0.769. The summed E-state index contributed by atoms with van der Waals surface area (Å²) in [7, 11) is 0. The lowest BCUT2D eigenvalue weighted by atomic mass is 9.83. The number of nitrogens with zero attached hydrogens (tertiary/aromatic N) is 1. The van der Waals surface area contributed by atoms with E-state index in [0.717, 1.165) is 32.1 Å². The van der Waals surface area contributed by atoms with Gasteiger partial charge in [-0.05, 0) is 48.9 Å². The van der Waals surface area contributed by atoms with E-state index in [4.69, 9.17) is 5.73 Å². The zero-order valence-electron chi connectivity index (χ0n) is 22.1. The third-order valence-electron chi connectivity index (χ3n) is 9.35. The molecule has 38 heavy (non-hydrogen) atoms. The van der Waals surface area contributed by atoms with Gasteiger partial charge in [-0.15, -0.1) is 0 Å². The molecule has 1 saturated heterocycles. The molecule has 4 fully saturated rings. The van der Waals surface area contributed by atoms with Gasteiger partial charge in [0.05, 0.1) is 6.54 Å². The highest BCUT2D eigenvalue weighted by Gasteiger charge is 2.69. The molecule has 0 unspecified atom stereocenters. The number of carboxylic acids is 1. The summed E-state index contributed by atoms with van der Waals surface area (Å²) in [5.41, 5.74) is 3.48. The van der Waals surface area contributed by atoms with E-state index in [-0.39, 0.29) is 29.1 Å². The first kappa shape index (κ1) is 27.8. The number of Topliss-reactive ketones (excluding diaryl/α,β-unsaturated/α-hetero) is 1. The Kier molecular flexibility index (Phi) is 7.72. The molecule has 4 atom stereocenters. The Labute approximate surface area is 221 Å². The normalized spacial score (nSPS) is 28.1. The molecule has 0 aromatic rings. The number of amides is 5. The maximum Gasteiger partial charge on any atom is 0.329 e. The van der Waals surface area contributed by atoms with Crippen LogP contribution < -0.4 is 21.7 Å². The van der Waals surface area contributed by atoms with Gasteiger partial charge in [-0.1, -0.05) is 46.0 Å². The van der Waals surface area contributed by atoms with Crippen LogP contribution in [0.1, 0.15) is 71.6 Å². The number of primary amides is 1. The maximum absolute atomic E-state index is 14.0. The zero-order chi connectivity index (χ0) is 27.8. The number of carbonyl (C=O) groups excluding carboxylic acids is 5. The lowest BCUT2D eigenvalue weighted by Crippen LogP contribution is -2.62. The first-order chi connectivity index (χ1) is 17.9. The first-order valence-electron chi connectivity index (χ1n) is 13.6. The Hall–Kier alpha value is -3.18. The molecule has 1 heterocycles. The molecule has 0 bridgehead atoms. The van der Waals surface area contributed by atoms with E-state index < -0.39 is 53.8 Å². The molecule has 3 saturated carbocycles. The molecule has 4 rings (SSSR count). The van der Waals surface area contributed by atoms with Crippen molar-refractivity contribution in [3.8, 4) is 0 Å². The number of hydrogen-bond donors (Lipinski definition) is 5. The summed E-state index contributed by atoms with van der Waals surface area (Å²) in [5.74, 6) is -4.26. The highest BCUT2D eigenvalue weighted by Crippen LogP contribution is 2.65. The molecule has 0 radical (unpaired) electrons. The highest BCUT2D eigenvalue weighted by molar-refractivity contribution is 6.36. The lowest BCUT2D eigenvalue weighted by molar-refractivity contribution is -0.144. The molecule has 0 aromatic carbocycles. The van der Waals surface area contributed by atoms with E-state index in [9.17, 15) is 33.9 Å². The number of carboxylic acid groups (broad SMARTS) is 1. The zero-order valence-corrected chi connectivity index (χ0v) is 22.1. The quantitative estimate of drug-likeness (QED) is 0.263. The molecular weight excluding hydrogens is 494 g/mol. The van der Waals surface area contributed by atoms with Gasteiger partial charge in [0, 0.05) is 6.54 Å². The fourth-order valence-corrected chi connectivity index (χ4v) is 6.97. The number of ketones is 1. The summed E-state index contributed by atoms with van der Waals surface area (Å²) >= 11 is 0. The van der Waals surface area contributed by atoms with Crippen LogP contribution in [0.3, 0.4) is 0 Å². The van der Waals surface area contributed by atoms with Crippen LogP contribution in [-0.2, 0) is 24.0 Å². The number of nitrogens with two attached hydrogens (primary N) is 1. The van der Waals surface area contributed by atoms with Crippen molar-refractivity contribution < 1.29 is 33.9 Å². The minimum absolute atomic E-state index is 0.0867. The number of urea groups is 1. The van der Waals surface area contributed by atoms with Gasteiger partial charge in [0.25, 0.3) is 5.91 Å². The Morgan fingerprint density at radius 3 is 2.21 bits per heavy atom. The van der Waals surface area contributed by atoms with Crippen molar-refractivity contribution in [3.63, 3.8) is 0 Å². The van der Waals surface area contributed by atoms with Crippen molar-refractivity contribution in [1.29, 1.82) is 0 Å². The summed E-state index contributed by atoms with van der Waals surface area (Å²) in [6.07, 6.45) is 6.37. The second kappa shape index (κ2) is 10.5. The predicted molar refractivity (Wildman–Crippen MR) is 134 cm³/mol. The first-order valence-corrected chi connectivity index (χ1v) is 13.6. The van der Waals surface area contributed by atoms with Gasteiger partial charge >= 0.3 is 12.0 Å². The second-order valence-corrected chi connectivity index (χ2v) is 12.0. The van der Waals surface area contributed by atoms with Crippen LogP contribution in [0.2, 0.25) is 0 Å². The molecule has 5 amide bonds. The molecule has 1 aliphatic heterocycles. The minimum atomic E-state index is -1.35. The number of nitrogens with one attached hydrogen (secondary N) is 3. The average molecular weight is 534 g/mol. The van der Waals surface area contributed by atoms with E-state index in [1.807, 2.05) is 13.8 Å². The van der Waals surface area contributed by atoms with Crippen LogP contribution in [0.5, 0.6) is 0 Å². The third kappa shape index (κ3) is 5.22. The lowest BCUT2D eigenvalue weighted by Gasteiger charge is -2.37. The van der Waals surface area contributed by atoms with E-state index in [2.05, 4.69) is 16.0 Å². The highest BCUT2D eigenvalue weighted by atomic mass is 16.4. The number of piperidine rings is 1. The van der Waals surface area contributed by atoms with Gasteiger partial charge in [0.1, 0.15) is 17.6 Å². The number of rotatable bonds is 9. The Morgan fingerprint density at radius 2 is 1.63 bits per heavy atom. The molecule has 6 N–H and O–H groups in total. The minimum Gasteiger partial charge on any atom is -0.480 e. The van der Waals surface area contributed by atoms with Gasteiger partial charge in [-0.3, -0.25) is 19.2 Å². The van der Waals surface area contributed by atoms with E-state index >= 15 is 0 Å². The average Bonchev–Trinajstić information content (AvgIpc) is 3.29.